The van der Waals surface area contributed by atoms with Crippen LogP contribution >= 0.6 is 0 Å². The van der Waals surface area contributed by atoms with Gasteiger partial charge >= 0.3 is 0 Å². The Balaban J connectivity index is 1.41. The lowest BCUT2D eigenvalue weighted by Crippen LogP contribution is -2.48. The minimum Gasteiger partial charge on any atom is -0.389 e. The number of carbonyl (C=O) groups excluding carboxylic acids is 1. The highest BCUT2D eigenvalue weighted by Gasteiger charge is 2.47. The fraction of sp³-hybridized carbons (Fsp3) is 0.600. The molecule has 0 unspecified atom stereocenters. The third-order valence-corrected chi connectivity index (χ3v) is 4.85. The summed E-state index contributed by atoms with van der Waals surface area (Å²) in [6, 6.07) is 1.79. The van der Waals surface area contributed by atoms with Crippen LogP contribution in [0.1, 0.15) is 12.8 Å². The number of hydrogen-bond donors (Lipinski definition) is 2. The van der Waals surface area contributed by atoms with E-state index in [0.29, 0.717) is 32.0 Å². The maximum absolute atomic E-state index is 11.8. The molecule has 10 heteroatoms. The molecule has 0 radical (unpaired) electrons. The number of amides is 1. The Bertz CT molecular complexity index is 661. The number of aromatic nitrogens is 2. The molecule has 1 spiro atoms. The van der Waals surface area contributed by atoms with Gasteiger partial charge in [-0.2, -0.15) is 0 Å². The zero-order valence-corrected chi connectivity index (χ0v) is 13.6. The molecule has 0 aromatic carbocycles. The van der Waals surface area contributed by atoms with Crippen molar-refractivity contribution < 1.29 is 19.1 Å². The smallest absolute Gasteiger partial charge is 0.283 e. The van der Waals surface area contributed by atoms with Crippen molar-refractivity contribution in [3.8, 4) is 0 Å². The van der Waals surface area contributed by atoms with Crippen LogP contribution in [-0.4, -0.2) is 59.8 Å². The van der Waals surface area contributed by atoms with Gasteiger partial charge in [0.2, 0.25) is 5.95 Å². The number of hydrazine groups is 1. The molecule has 1 amide bonds. The summed E-state index contributed by atoms with van der Waals surface area (Å²) in [5.74, 6) is 4.49. The summed E-state index contributed by atoms with van der Waals surface area (Å²) in [4.78, 5) is 27.8. The summed E-state index contributed by atoms with van der Waals surface area (Å²) in [6.45, 7) is 2.07. The van der Waals surface area contributed by atoms with Crippen LogP contribution in [0.15, 0.2) is 23.6 Å². The summed E-state index contributed by atoms with van der Waals surface area (Å²) in [6.07, 6.45) is 4.49. The molecule has 2 atom stereocenters. The Morgan fingerprint density at radius 1 is 1.24 bits per heavy atom. The minimum absolute atomic E-state index is 0.253. The van der Waals surface area contributed by atoms with Crippen molar-refractivity contribution in [3.63, 3.8) is 0 Å². The molecular formula is C15H20N6O4. The topological polar surface area (TPSA) is 124 Å². The van der Waals surface area contributed by atoms with Gasteiger partial charge in [0.15, 0.2) is 17.6 Å². The van der Waals surface area contributed by atoms with Crippen molar-refractivity contribution in [2.45, 2.75) is 24.7 Å². The van der Waals surface area contributed by atoms with E-state index < -0.39 is 11.7 Å². The molecule has 10 nitrogen and oxygen atoms in total. The summed E-state index contributed by atoms with van der Waals surface area (Å²) in [7, 11) is 0. The molecule has 0 aliphatic carbocycles. The van der Waals surface area contributed by atoms with Gasteiger partial charge in [-0.3, -0.25) is 10.2 Å². The number of rotatable bonds is 2. The van der Waals surface area contributed by atoms with Gasteiger partial charge in [0, 0.05) is 38.3 Å². The molecule has 2 fully saturated rings. The highest BCUT2D eigenvalue weighted by Crippen LogP contribution is 2.35. The lowest BCUT2D eigenvalue weighted by molar-refractivity contribution is -0.240. The average Bonchev–Trinajstić information content (AvgIpc) is 3.00. The fourth-order valence-electron chi connectivity index (χ4n) is 3.37. The molecule has 3 aliphatic heterocycles. The van der Waals surface area contributed by atoms with Gasteiger partial charge in [-0.05, 0) is 6.07 Å². The largest absolute Gasteiger partial charge is 0.389 e. The standard InChI is InChI=1S/C15H20N6O4/c16-19-13(22)12-10-8-23-15(24-9-11(10)25-20-12)2-6-21(7-3-15)14-17-4-1-5-18-14/h1,4-5,10-11H,2-3,6-9,16H2,(H,19,22)/t10-,11+/m0/s1. The van der Waals surface area contributed by atoms with Crippen LogP contribution in [0.5, 0.6) is 0 Å². The predicted molar refractivity (Wildman–Crippen MR) is 86.2 cm³/mol. The molecule has 0 bridgehead atoms. The number of carbonyl (C=O) groups is 1. The van der Waals surface area contributed by atoms with Gasteiger partial charge in [0.25, 0.3) is 5.91 Å². The van der Waals surface area contributed by atoms with Gasteiger partial charge in [-0.15, -0.1) is 0 Å². The van der Waals surface area contributed by atoms with Crippen LogP contribution < -0.4 is 16.2 Å². The first-order valence-corrected chi connectivity index (χ1v) is 8.25. The zero-order chi connectivity index (χ0) is 17.3. The van der Waals surface area contributed by atoms with E-state index in [1.807, 2.05) is 0 Å². The molecule has 1 aromatic rings. The summed E-state index contributed by atoms with van der Waals surface area (Å²) < 4.78 is 12.1. The Hall–Kier alpha value is -2.30. The van der Waals surface area contributed by atoms with Crippen molar-refractivity contribution >= 4 is 17.6 Å². The monoisotopic (exact) mass is 348 g/mol. The number of fused-ring (bicyclic) bond motifs is 1. The highest BCUT2D eigenvalue weighted by atomic mass is 16.7. The van der Waals surface area contributed by atoms with Gasteiger partial charge in [0.1, 0.15) is 0 Å². The van der Waals surface area contributed by atoms with Crippen molar-refractivity contribution in [3.05, 3.63) is 18.5 Å². The van der Waals surface area contributed by atoms with Crippen LogP contribution in [-0.2, 0) is 19.1 Å². The van der Waals surface area contributed by atoms with Crippen molar-refractivity contribution in [1.29, 1.82) is 0 Å². The quantitative estimate of drug-likeness (QED) is 0.404. The Labute approximate surface area is 144 Å². The Morgan fingerprint density at radius 2 is 1.96 bits per heavy atom. The molecular weight excluding hydrogens is 328 g/mol. The Morgan fingerprint density at radius 3 is 2.68 bits per heavy atom. The second-order valence-electron chi connectivity index (χ2n) is 6.27. The number of nitrogens with one attached hydrogen (secondary N) is 1. The number of hydrogen-bond acceptors (Lipinski definition) is 9. The normalized spacial score (nSPS) is 27.9. The van der Waals surface area contributed by atoms with Crippen molar-refractivity contribution in [2.75, 3.05) is 31.2 Å². The molecule has 134 valence electrons. The van der Waals surface area contributed by atoms with E-state index in [1.165, 1.54) is 0 Å². The van der Waals surface area contributed by atoms with E-state index in [4.69, 9.17) is 20.2 Å². The SMILES string of the molecule is NNC(=O)C1=NO[C@@H]2COC3(CCN(c4ncccn4)CC3)OC[C@H]12. The van der Waals surface area contributed by atoms with Gasteiger partial charge in [-0.25, -0.2) is 15.8 Å². The summed E-state index contributed by atoms with van der Waals surface area (Å²) >= 11 is 0. The van der Waals surface area contributed by atoms with E-state index in [0.717, 1.165) is 13.1 Å². The summed E-state index contributed by atoms with van der Waals surface area (Å²) in [5, 5.41) is 3.82. The maximum atomic E-state index is 11.8. The number of anilines is 1. The van der Waals surface area contributed by atoms with E-state index >= 15 is 0 Å². The zero-order valence-electron chi connectivity index (χ0n) is 13.6. The lowest BCUT2D eigenvalue weighted by Gasteiger charge is -2.40. The van der Waals surface area contributed by atoms with Crippen LogP contribution in [0.4, 0.5) is 5.95 Å². The molecule has 0 saturated carbocycles. The minimum atomic E-state index is -0.677. The van der Waals surface area contributed by atoms with Crippen LogP contribution in [0.2, 0.25) is 0 Å². The lowest BCUT2D eigenvalue weighted by atomic mass is 9.98. The first-order chi connectivity index (χ1) is 12.2. The van der Waals surface area contributed by atoms with E-state index in [1.54, 1.807) is 18.5 Å². The fourth-order valence-corrected chi connectivity index (χ4v) is 3.37. The molecule has 4 heterocycles. The average molecular weight is 348 g/mol. The van der Waals surface area contributed by atoms with Gasteiger partial charge in [0.05, 0.1) is 19.1 Å². The van der Waals surface area contributed by atoms with E-state index in [2.05, 4.69) is 25.4 Å². The first kappa shape index (κ1) is 16.2. The summed E-state index contributed by atoms with van der Waals surface area (Å²) in [5.41, 5.74) is 2.34. The first-order valence-electron chi connectivity index (χ1n) is 8.25. The number of nitrogens with zero attached hydrogens (tertiary/aromatic N) is 4. The van der Waals surface area contributed by atoms with Crippen LogP contribution in [0, 0.1) is 5.92 Å². The highest BCUT2D eigenvalue weighted by molar-refractivity contribution is 6.39. The number of oxime groups is 1. The molecule has 1 aromatic heterocycles. The second kappa shape index (κ2) is 6.54. The molecule has 25 heavy (non-hydrogen) atoms. The maximum Gasteiger partial charge on any atom is 0.283 e. The third-order valence-electron chi connectivity index (χ3n) is 4.85. The van der Waals surface area contributed by atoms with E-state index in [9.17, 15) is 4.79 Å². The Kier molecular flexibility index (Phi) is 4.24. The molecule has 2 saturated heterocycles. The predicted octanol–water partition coefficient (Wildman–Crippen LogP) is -0.819. The number of piperidine rings is 1. The van der Waals surface area contributed by atoms with Gasteiger partial charge in [-0.1, -0.05) is 5.16 Å². The van der Waals surface area contributed by atoms with E-state index in [-0.39, 0.29) is 17.7 Å². The third kappa shape index (κ3) is 3.03. The van der Waals surface area contributed by atoms with Crippen molar-refractivity contribution in [1.82, 2.24) is 15.4 Å². The van der Waals surface area contributed by atoms with Crippen LogP contribution in [0.3, 0.4) is 0 Å². The molecule has 3 N–H and O–H groups in total. The van der Waals surface area contributed by atoms with Crippen LogP contribution in [0.25, 0.3) is 0 Å². The molecule has 4 rings (SSSR count). The van der Waals surface area contributed by atoms with Crippen molar-refractivity contribution in [2.24, 2.45) is 16.9 Å². The number of ether oxygens (including phenoxy) is 2. The second-order valence-corrected chi connectivity index (χ2v) is 6.27. The number of nitrogens with two attached hydrogens (primary N) is 1. The van der Waals surface area contributed by atoms with Gasteiger partial charge < -0.3 is 19.2 Å². The molecule has 3 aliphatic rings.